The summed E-state index contributed by atoms with van der Waals surface area (Å²) in [6.07, 6.45) is 0.846. The zero-order valence-electron chi connectivity index (χ0n) is 11.1. The van der Waals surface area contributed by atoms with E-state index >= 15 is 0 Å². The van der Waals surface area contributed by atoms with Crippen molar-refractivity contribution >= 4 is 17.4 Å². The van der Waals surface area contributed by atoms with E-state index in [4.69, 9.17) is 4.74 Å². The topological polar surface area (TPSA) is 50.4 Å². The number of hydrogen-bond acceptors (Lipinski definition) is 3. The maximum Gasteiger partial charge on any atom is 0.315 e. The lowest BCUT2D eigenvalue weighted by Gasteiger charge is -2.08. The summed E-state index contributed by atoms with van der Waals surface area (Å²) < 4.78 is 5.43. The predicted octanol–water partition coefficient (Wildman–Crippen LogP) is 2.61. The normalized spacial score (nSPS) is 10.6. The van der Waals surface area contributed by atoms with Crippen molar-refractivity contribution in [3.63, 3.8) is 0 Å². The number of thiophene rings is 1. The molecule has 2 amide bonds. The molecule has 0 bridgehead atoms. The average molecular weight is 270 g/mol. The van der Waals surface area contributed by atoms with Gasteiger partial charge in [-0.1, -0.05) is 19.9 Å². The minimum atomic E-state index is -0.118. The van der Waals surface area contributed by atoms with E-state index in [1.165, 1.54) is 0 Å². The number of ether oxygens (including phenoxy) is 1. The van der Waals surface area contributed by atoms with E-state index in [1.807, 2.05) is 17.5 Å². The first-order valence-corrected chi connectivity index (χ1v) is 7.18. The summed E-state index contributed by atoms with van der Waals surface area (Å²) in [5.74, 6) is 0.562. The van der Waals surface area contributed by atoms with Crippen molar-refractivity contribution in [3.05, 3.63) is 22.4 Å². The van der Waals surface area contributed by atoms with Crippen molar-refractivity contribution in [3.8, 4) is 0 Å². The Morgan fingerprint density at radius 2 is 2.28 bits per heavy atom. The first kappa shape index (κ1) is 15.0. The summed E-state index contributed by atoms with van der Waals surface area (Å²) in [6.45, 7) is 6.96. The Balaban J connectivity index is 1.94. The van der Waals surface area contributed by atoms with Gasteiger partial charge in [-0.25, -0.2) is 4.79 Å². The van der Waals surface area contributed by atoms with Crippen LogP contribution >= 0.6 is 11.3 Å². The summed E-state index contributed by atoms with van der Waals surface area (Å²) >= 11 is 1.64. The number of carbonyl (C=O) groups excluding carboxylic acids is 1. The van der Waals surface area contributed by atoms with E-state index in [2.05, 4.69) is 24.5 Å². The minimum Gasteiger partial charge on any atom is -0.381 e. The molecule has 0 aliphatic heterocycles. The smallest absolute Gasteiger partial charge is 0.315 e. The van der Waals surface area contributed by atoms with Crippen LogP contribution in [0.5, 0.6) is 0 Å². The fourth-order valence-corrected chi connectivity index (χ4v) is 1.98. The van der Waals surface area contributed by atoms with E-state index in [1.54, 1.807) is 11.3 Å². The van der Waals surface area contributed by atoms with E-state index in [-0.39, 0.29) is 6.03 Å². The van der Waals surface area contributed by atoms with Crippen LogP contribution in [-0.2, 0) is 11.3 Å². The molecule has 0 saturated carbocycles. The molecule has 0 atom stereocenters. The van der Waals surface area contributed by atoms with Crippen molar-refractivity contribution in [2.45, 2.75) is 26.8 Å². The molecule has 5 heteroatoms. The van der Waals surface area contributed by atoms with Crippen molar-refractivity contribution in [2.75, 3.05) is 19.8 Å². The van der Waals surface area contributed by atoms with Gasteiger partial charge in [0.15, 0.2) is 0 Å². The Hall–Kier alpha value is -1.07. The van der Waals surface area contributed by atoms with E-state index < -0.39 is 0 Å². The van der Waals surface area contributed by atoms with Crippen LogP contribution in [0, 0.1) is 5.92 Å². The van der Waals surface area contributed by atoms with Gasteiger partial charge in [-0.15, -0.1) is 11.3 Å². The third-order valence-corrected chi connectivity index (χ3v) is 3.08. The molecule has 0 unspecified atom stereocenters. The SMILES string of the molecule is CC(C)COCCCNC(=O)NCc1cccs1. The molecule has 18 heavy (non-hydrogen) atoms. The highest BCUT2D eigenvalue weighted by Gasteiger charge is 2.00. The largest absolute Gasteiger partial charge is 0.381 e. The number of rotatable bonds is 8. The van der Waals surface area contributed by atoms with Gasteiger partial charge in [-0.3, -0.25) is 0 Å². The molecule has 1 heterocycles. The Morgan fingerprint density at radius 3 is 2.94 bits per heavy atom. The molecule has 0 aliphatic rings. The molecule has 0 spiro atoms. The molecular weight excluding hydrogens is 248 g/mol. The second kappa shape index (κ2) is 8.94. The van der Waals surface area contributed by atoms with Crippen LogP contribution in [0.2, 0.25) is 0 Å². The van der Waals surface area contributed by atoms with Gasteiger partial charge in [0.05, 0.1) is 6.54 Å². The number of amides is 2. The molecule has 1 aromatic heterocycles. The Bertz CT molecular complexity index is 326. The van der Waals surface area contributed by atoms with Gasteiger partial charge in [0.1, 0.15) is 0 Å². The lowest BCUT2D eigenvalue weighted by Crippen LogP contribution is -2.35. The molecule has 0 aliphatic carbocycles. The van der Waals surface area contributed by atoms with Crippen LogP contribution in [0.15, 0.2) is 17.5 Å². The van der Waals surface area contributed by atoms with Crippen LogP contribution in [0.3, 0.4) is 0 Å². The Kier molecular flexibility index (Phi) is 7.44. The fraction of sp³-hybridized carbons (Fsp3) is 0.615. The summed E-state index contributed by atoms with van der Waals surface area (Å²) in [4.78, 5) is 12.6. The van der Waals surface area contributed by atoms with Crippen LogP contribution in [0.25, 0.3) is 0 Å². The monoisotopic (exact) mass is 270 g/mol. The third kappa shape index (κ3) is 7.29. The van der Waals surface area contributed by atoms with Crippen molar-refractivity contribution in [1.82, 2.24) is 10.6 Å². The summed E-state index contributed by atoms with van der Waals surface area (Å²) in [5.41, 5.74) is 0. The number of hydrogen-bond donors (Lipinski definition) is 2. The first-order valence-electron chi connectivity index (χ1n) is 6.30. The van der Waals surface area contributed by atoms with E-state index in [9.17, 15) is 4.79 Å². The summed E-state index contributed by atoms with van der Waals surface area (Å²) in [7, 11) is 0. The van der Waals surface area contributed by atoms with Crippen LogP contribution in [0.4, 0.5) is 4.79 Å². The zero-order chi connectivity index (χ0) is 13.2. The molecule has 1 rings (SSSR count). The quantitative estimate of drug-likeness (QED) is 0.713. The lowest BCUT2D eigenvalue weighted by atomic mass is 10.2. The van der Waals surface area contributed by atoms with E-state index in [0.717, 1.165) is 17.9 Å². The highest BCUT2D eigenvalue weighted by molar-refractivity contribution is 7.09. The molecule has 1 aromatic rings. The highest BCUT2D eigenvalue weighted by atomic mass is 32.1. The minimum absolute atomic E-state index is 0.118. The molecule has 0 aromatic carbocycles. The molecule has 4 nitrogen and oxygen atoms in total. The van der Waals surface area contributed by atoms with Crippen LogP contribution < -0.4 is 10.6 Å². The molecule has 2 N–H and O–H groups in total. The fourth-order valence-electron chi connectivity index (χ4n) is 1.34. The molecular formula is C13H22N2O2S. The lowest BCUT2D eigenvalue weighted by molar-refractivity contribution is 0.108. The van der Waals surface area contributed by atoms with Crippen molar-refractivity contribution in [1.29, 1.82) is 0 Å². The van der Waals surface area contributed by atoms with Crippen molar-refractivity contribution < 1.29 is 9.53 Å². The summed E-state index contributed by atoms with van der Waals surface area (Å²) in [6, 6.07) is 3.86. The maximum absolute atomic E-state index is 11.4. The molecule has 0 fully saturated rings. The van der Waals surface area contributed by atoms with Crippen LogP contribution in [-0.4, -0.2) is 25.8 Å². The Labute approximate surface area is 113 Å². The van der Waals surface area contributed by atoms with E-state index in [0.29, 0.717) is 25.6 Å². The van der Waals surface area contributed by atoms with Gasteiger partial charge in [0, 0.05) is 24.6 Å². The summed E-state index contributed by atoms with van der Waals surface area (Å²) in [5, 5.41) is 7.62. The first-order chi connectivity index (χ1) is 8.68. The van der Waals surface area contributed by atoms with Gasteiger partial charge in [0.2, 0.25) is 0 Å². The zero-order valence-corrected chi connectivity index (χ0v) is 11.9. The maximum atomic E-state index is 11.4. The van der Waals surface area contributed by atoms with Crippen molar-refractivity contribution in [2.24, 2.45) is 5.92 Å². The highest BCUT2D eigenvalue weighted by Crippen LogP contribution is 2.06. The standard InChI is InChI=1S/C13H22N2O2S/c1-11(2)10-17-7-4-6-14-13(16)15-9-12-5-3-8-18-12/h3,5,8,11H,4,6-7,9-10H2,1-2H3,(H2,14,15,16). The second-order valence-corrected chi connectivity index (χ2v) is 5.54. The van der Waals surface area contributed by atoms with Gasteiger partial charge < -0.3 is 15.4 Å². The average Bonchev–Trinajstić information content (AvgIpc) is 2.83. The van der Waals surface area contributed by atoms with Gasteiger partial charge in [0.25, 0.3) is 0 Å². The van der Waals surface area contributed by atoms with Gasteiger partial charge in [-0.2, -0.15) is 0 Å². The third-order valence-electron chi connectivity index (χ3n) is 2.21. The number of nitrogens with one attached hydrogen (secondary N) is 2. The Morgan fingerprint density at radius 1 is 1.44 bits per heavy atom. The van der Waals surface area contributed by atoms with Gasteiger partial charge >= 0.3 is 6.03 Å². The van der Waals surface area contributed by atoms with Crippen LogP contribution in [0.1, 0.15) is 25.1 Å². The molecule has 0 radical (unpaired) electrons. The number of carbonyl (C=O) groups is 1. The number of urea groups is 1. The second-order valence-electron chi connectivity index (χ2n) is 4.51. The van der Waals surface area contributed by atoms with Gasteiger partial charge in [-0.05, 0) is 23.8 Å². The predicted molar refractivity (Wildman–Crippen MR) is 74.8 cm³/mol. The molecule has 0 saturated heterocycles. The molecule has 102 valence electrons.